The predicted octanol–water partition coefficient (Wildman–Crippen LogP) is 3.63. The van der Waals surface area contributed by atoms with Crippen LogP contribution in [0.25, 0.3) is 0 Å². The smallest absolute Gasteiger partial charge is 0.237 e. The molecule has 0 heterocycles. The molecule has 31 heavy (non-hydrogen) atoms. The number of carbonyl (C=O) groups is 2. The molecule has 3 aromatic carbocycles. The summed E-state index contributed by atoms with van der Waals surface area (Å²) in [7, 11) is 0. The summed E-state index contributed by atoms with van der Waals surface area (Å²) in [4.78, 5) is 24.3. The minimum Gasteiger partial charge on any atom is -0.489 e. The quantitative estimate of drug-likeness (QED) is 0.470. The van der Waals surface area contributed by atoms with E-state index < -0.39 is 6.04 Å². The van der Waals surface area contributed by atoms with E-state index in [0.29, 0.717) is 18.8 Å². The van der Waals surface area contributed by atoms with E-state index in [0.717, 1.165) is 16.9 Å². The average Bonchev–Trinajstić information content (AvgIpc) is 2.82. The van der Waals surface area contributed by atoms with Crippen molar-refractivity contribution in [3.05, 3.63) is 96.1 Å². The molecule has 0 bridgehead atoms. The highest BCUT2D eigenvalue weighted by Crippen LogP contribution is 2.17. The maximum absolute atomic E-state index is 12.2. The fraction of sp³-hybridized carbons (Fsp3) is 0.200. The topological polar surface area (TPSA) is 93.5 Å². The van der Waals surface area contributed by atoms with Gasteiger partial charge in [-0.2, -0.15) is 0 Å². The molecular weight excluding hydrogens is 390 g/mol. The van der Waals surface area contributed by atoms with Crippen LogP contribution in [0.3, 0.4) is 0 Å². The first kappa shape index (κ1) is 22.1. The standard InChI is InChI=1S/C25H27N3O3/c26-23(25(30)27-17-19-7-3-1-4-8-19)15-16-24(29)28-21-11-13-22(14-12-21)31-18-20-9-5-2-6-10-20/h1-14,23H,15-18,26H2,(H,27,30)(H,28,29)/t23-/m0/s1. The van der Waals surface area contributed by atoms with Crippen molar-refractivity contribution >= 4 is 17.5 Å². The van der Waals surface area contributed by atoms with E-state index >= 15 is 0 Å². The van der Waals surface area contributed by atoms with E-state index in [9.17, 15) is 9.59 Å². The normalized spacial score (nSPS) is 11.4. The number of benzene rings is 3. The van der Waals surface area contributed by atoms with Gasteiger partial charge >= 0.3 is 0 Å². The van der Waals surface area contributed by atoms with E-state index in [1.807, 2.05) is 60.7 Å². The third-order valence-electron chi connectivity index (χ3n) is 4.72. The number of nitrogens with two attached hydrogens (primary N) is 1. The molecule has 0 radical (unpaired) electrons. The fourth-order valence-electron chi connectivity index (χ4n) is 2.93. The molecule has 1 atom stereocenters. The largest absolute Gasteiger partial charge is 0.489 e. The highest BCUT2D eigenvalue weighted by atomic mass is 16.5. The van der Waals surface area contributed by atoms with Crippen LogP contribution in [0.1, 0.15) is 24.0 Å². The van der Waals surface area contributed by atoms with Crippen molar-refractivity contribution in [3.63, 3.8) is 0 Å². The summed E-state index contributed by atoms with van der Waals surface area (Å²) in [6, 6.07) is 25.9. The lowest BCUT2D eigenvalue weighted by Crippen LogP contribution is -2.40. The van der Waals surface area contributed by atoms with Crippen LogP contribution in [0, 0.1) is 0 Å². The zero-order valence-electron chi connectivity index (χ0n) is 17.3. The average molecular weight is 418 g/mol. The van der Waals surface area contributed by atoms with Crippen molar-refractivity contribution in [2.75, 3.05) is 5.32 Å². The Balaban J connectivity index is 1.37. The van der Waals surface area contributed by atoms with Crippen molar-refractivity contribution in [2.45, 2.75) is 32.0 Å². The fourth-order valence-corrected chi connectivity index (χ4v) is 2.93. The van der Waals surface area contributed by atoms with Crippen molar-refractivity contribution in [2.24, 2.45) is 5.73 Å². The van der Waals surface area contributed by atoms with E-state index in [4.69, 9.17) is 10.5 Å². The highest BCUT2D eigenvalue weighted by molar-refractivity contribution is 5.91. The van der Waals surface area contributed by atoms with Crippen LogP contribution in [-0.4, -0.2) is 17.9 Å². The predicted molar refractivity (Wildman–Crippen MR) is 121 cm³/mol. The van der Waals surface area contributed by atoms with Crippen molar-refractivity contribution in [1.29, 1.82) is 0 Å². The Kier molecular flexibility index (Phi) is 8.20. The molecule has 0 unspecified atom stereocenters. The van der Waals surface area contributed by atoms with Gasteiger partial charge in [-0.3, -0.25) is 9.59 Å². The molecule has 0 aliphatic heterocycles. The minimum absolute atomic E-state index is 0.159. The van der Waals surface area contributed by atoms with E-state index in [1.54, 1.807) is 24.3 Å². The maximum atomic E-state index is 12.2. The summed E-state index contributed by atoms with van der Waals surface area (Å²) >= 11 is 0. The highest BCUT2D eigenvalue weighted by Gasteiger charge is 2.15. The number of rotatable bonds is 10. The maximum Gasteiger partial charge on any atom is 0.237 e. The molecule has 6 heteroatoms. The van der Waals surface area contributed by atoms with Crippen LogP contribution < -0.4 is 21.1 Å². The monoisotopic (exact) mass is 417 g/mol. The molecule has 0 saturated carbocycles. The Bertz CT molecular complexity index is 960. The number of carbonyl (C=O) groups excluding carboxylic acids is 2. The zero-order chi connectivity index (χ0) is 21.9. The number of nitrogens with one attached hydrogen (secondary N) is 2. The SMILES string of the molecule is N[C@@H](CCC(=O)Nc1ccc(OCc2ccccc2)cc1)C(=O)NCc1ccccc1. The van der Waals surface area contributed by atoms with Crippen LogP contribution in [0.2, 0.25) is 0 Å². The first-order chi connectivity index (χ1) is 15.1. The second kappa shape index (κ2) is 11.5. The number of anilines is 1. The Hall–Kier alpha value is -3.64. The first-order valence-electron chi connectivity index (χ1n) is 10.2. The molecule has 0 spiro atoms. The molecule has 6 nitrogen and oxygen atoms in total. The van der Waals surface area contributed by atoms with Gasteiger partial charge in [-0.25, -0.2) is 0 Å². The Morgan fingerprint density at radius 1 is 0.839 bits per heavy atom. The van der Waals surface area contributed by atoms with Crippen molar-refractivity contribution < 1.29 is 14.3 Å². The van der Waals surface area contributed by atoms with Crippen molar-refractivity contribution in [1.82, 2.24) is 5.32 Å². The van der Waals surface area contributed by atoms with Crippen LogP contribution >= 0.6 is 0 Å². The molecule has 160 valence electrons. The molecule has 4 N–H and O–H groups in total. The summed E-state index contributed by atoms with van der Waals surface area (Å²) in [6.45, 7) is 0.898. The number of amides is 2. The van der Waals surface area contributed by atoms with Gasteiger partial charge in [0.25, 0.3) is 0 Å². The molecular formula is C25H27N3O3. The lowest BCUT2D eigenvalue weighted by Gasteiger charge is -2.12. The van der Waals surface area contributed by atoms with Gasteiger partial charge in [0.05, 0.1) is 6.04 Å². The molecule has 0 fully saturated rings. The van der Waals surface area contributed by atoms with Gasteiger partial charge in [0.1, 0.15) is 12.4 Å². The third-order valence-corrected chi connectivity index (χ3v) is 4.72. The second-order valence-electron chi connectivity index (χ2n) is 7.20. The molecule has 0 saturated heterocycles. The second-order valence-corrected chi connectivity index (χ2v) is 7.20. The number of hydrogen-bond donors (Lipinski definition) is 3. The number of hydrogen-bond acceptors (Lipinski definition) is 4. The lowest BCUT2D eigenvalue weighted by atomic mass is 10.1. The molecule has 3 rings (SSSR count). The molecule has 2 amide bonds. The summed E-state index contributed by atoms with van der Waals surface area (Å²) in [5.74, 6) is 0.264. The van der Waals surface area contributed by atoms with Crippen LogP contribution in [0.4, 0.5) is 5.69 Å². The number of ether oxygens (including phenoxy) is 1. The van der Waals surface area contributed by atoms with Gasteiger partial charge in [-0.1, -0.05) is 60.7 Å². The summed E-state index contributed by atoms with van der Waals surface area (Å²) in [5.41, 5.74) is 8.67. The molecule has 0 aliphatic rings. The van der Waals surface area contributed by atoms with Gasteiger partial charge in [-0.05, 0) is 41.8 Å². The Morgan fingerprint density at radius 3 is 2.10 bits per heavy atom. The molecule has 3 aromatic rings. The van der Waals surface area contributed by atoms with Crippen molar-refractivity contribution in [3.8, 4) is 5.75 Å². The summed E-state index contributed by atoms with van der Waals surface area (Å²) in [5, 5.41) is 5.61. The summed E-state index contributed by atoms with van der Waals surface area (Å²) < 4.78 is 5.74. The van der Waals surface area contributed by atoms with E-state index in [2.05, 4.69) is 10.6 Å². The van der Waals surface area contributed by atoms with Gasteiger partial charge < -0.3 is 21.1 Å². The Morgan fingerprint density at radius 2 is 1.45 bits per heavy atom. The van der Waals surface area contributed by atoms with E-state index in [1.165, 1.54) is 0 Å². The molecule has 0 aliphatic carbocycles. The molecule has 0 aromatic heterocycles. The van der Waals surface area contributed by atoms with Gasteiger partial charge in [0.15, 0.2) is 0 Å². The van der Waals surface area contributed by atoms with Gasteiger partial charge in [-0.15, -0.1) is 0 Å². The van der Waals surface area contributed by atoms with Crippen LogP contribution in [-0.2, 0) is 22.7 Å². The van der Waals surface area contributed by atoms with Gasteiger partial charge in [0.2, 0.25) is 11.8 Å². The lowest BCUT2D eigenvalue weighted by molar-refractivity contribution is -0.122. The summed E-state index contributed by atoms with van der Waals surface area (Å²) in [6.07, 6.45) is 0.427. The van der Waals surface area contributed by atoms with E-state index in [-0.39, 0.29) is 24.7 Å². The van der Waals surface area contributed by atoms with Crippen LogP contribution in [0.15, 0.2) is 84.9 Å². The van der Waals surface area contributed by atoms with Gasteiger partial charge in [0, 0.05) is 18.7 Å². The zero-order valence-corrected chi connectivity index (χ0v) is 17.3. The minimum atomic E-state index is -0.733. The van der Waals surface area contributed by atoms with Crippen LogP contribution in [0.5, 0.6) is 5.75 Å². The first-order valence-corrected chi connectivity index (χ1v) is 10.2. The Labute approximate surface area is 182 Å². The third kappa shape index (κ3) is 7.60.